The predicted molar refractivity (Wildman–Crippen MR) is 63.0 cm³/mol. The Balaban J connectivity index is 2.70. The van der Waals surface area contributed by atoms with Crippen molar-refractivity contribution >= 4 is 6.21 Å². The lowest BCUT2D eigenvalue weighted by Crippen LogP contribution is -1.95. The zero-order valence-electron chi connectivity index (χ0n) is 9.37. The van der Waals surface area contributed by atoms with Crippen molar-refractivity contribution in [2.24, 2.45) is 5.10 Å². The van der Waals surface area contributed by atoms with Crippen molar-refractivity contribution in [3.8, 4) is 0 Å². The molecule has 0 aliphatic rings. The maximum absolute atomic E-state index is 5.16. The first-order valence-corrected chi connectivity index (χ1v) is 4.73. The first-order chi connectivity index (χ1) is 7.77. The standard InChI is InChI=1S/C11H14N4O/c1-4-5-6-11(16-3)10(2)7-13-15-9-12-8-14-15/h4-9H,2H2,1,3H3/b5-4-,11-6+,13-7?. The van der Waals surface area contributed by atoms with E-state index in [-0.39, 0.29) is 0 Å². The highest BCUT2D eigenvalue weighted by molar-refractivity contribution is 5.82. The molecule has 5 nitrogen and oxygen atoms in total. The van der Waals surface area contributed by atoms with Crippen LogP contribution in [0.5, 0.6) is 0 Å². The van der Waals surface area contributed by atoms with Crippen LogP contribution in [0.3, 0.4) is 0 Å². The molecule has 5 heteroatoms. The van der Waals surface area contributed by atoms with E-state index < -0.39 is 0 Å². The highest BCUT2D eigenvalue weighted by Crippen LogP contribution is 2.06. The molecule has 16 heavy (non-hydrogen) atoms. The largest absolute Gasteiger partial charge is 0.496 e. The molecule has 0 atom stereocenters. The Labute approximate surface area is 94.5 Å². The first kappa shape index (κ1) is 11.9. The fraction of sp³-hybridized carbons (Fsp3) is 0.182. The molecule has 0 spiro atoms. The Kier molecular flexibility index (Phi) is 4.72. The topological polar surface area (TPSA) is 52.3 Å². The maximum Gasteiger partial charge on any atom is 0.139 e. The third kappa shape index (κ3) is 3.53. The predicted octanol–water partition coefficient (Wildman–Crippen LogP) is 1.77. The minimum atomic E-state index is 0.655. The van der Waals surface area contributed by atoms with Crippen LogP contribution in [0.15, 0.2) is 53.9 Å². The quantitative estimate of drug-likeness (QED) is 0.430. The van der Waals surface area contributed by atoms with Gasteiger partial charge in [0, 0.05) is 5.57 Å². The number of aromatic nitrogens is 3. The number of hydrogen-bond donors (Lipinski definition) is 0. The van der Waals surface area contributed by atoms with E-state index in [0.717, 1.165) is 0 Å². The summed E-state index contributed by atoms with van der Waals surface area (Å²) >= 11 is 0. The molecule has 0 aliphatic heterocycles. The molecule has 0 aromatic carbocycles. The van der Waals surface area contributed by atoms with Crippen LogP contribution in [-0.4, -0.2) is 28.2 Å². The van der Waals surface area contributed by atoms with Gasteiger partial charge < -0.3 is 4.74 Å². The average Bonchev–Trinajstić information content (AvgIpc) is 2.80. The van der Waals surface area contributed by atoms with Crippen LogP contribution < -0.4 is 0 Å². The molecule has 0 saturated carbocycles. The van der Waals surface area contributed by atoms with Crippen LogP contribution in [0, 0.1) is 0 Å². The normalized spacial score (nSPS) is 12.5. The number of methoxy groups -OCH3 is 1. The van der Waals surface area contributed by atoms with Gasteiger partial charge in [0.1, 0.15) is 18.4 Å². The van der Waals surface area contributed by atoms with Crippen LogP contribution in [-0.2, 0) is 4.74 Å². The molecule has 84 valence electrons. The van der Waals surface area contributed by atoms with Crippen LogP contribution in [0.25, 0.3) is 0 Å². The minimum Gasteiger partial charge on any atom is -0.496 e. The van der Waals surface area contributed by atoms with E-state index in [1.54, 1.807) is 13.3 Å². The van der Waals surface area contributed by atoms with Crippen molar-refractivity contribution in [2.75, 3.05) is 7.11 Å². The summed E-state index contributed by atoms with van der Waals surface area (Å²) in [5, 5.41) is 7.84. The van der Waals surface area contributed by atoms with Crippen LogP contribution >= 0.6 is 0 Å². The number of hydrogen-bond acceptors (Lipinski definition) is 4. The van der Waals surface area contributed by atoms with Gasteiger partial charge in [-0.2, -0.15) is 5.10 Å². The van der Waals surface area contributed by atoms with Crippen molar-refractivity contribution < 1.29 is 4.74 Å². The minimum absolute atomic E-state index is 0.655. The fourth-order valence-electron chi connectivity index (χ4n) is 0.944. The van der Waals surface area contributed by atoms with Crippen molar-refractivity contribution in [3.63, 3.8) is 0 Å². The zero-order valence-corrected chi connectivity index (χ0v) is 9.37. The van der Waals surface area contributed by atoms with Gasteiger partial charge in [0.05, 0.1) is 13.3 Å². The third-order valence-electron chi connectivity index (χ3n) is 1.71. The second-order valence-corrected chi connectivity index (χ2v) is 2.85. The van der Waals surface area contributed by atoms with E-state index in [1.807, 2.05) is 25.2 Å². The molecule has 0 radical (unpaired) electrons. The summed E-state index contributed by atoms with van der Waals surface area (Å²) in [6, 6.07) is 0. The van der Waals surface area contributed by atoms with Gasteiger partial charge in [-0.3, -0.25) is 0 Å². The number of allylic oxidation sites excluding steroid dienone is 4. The Morgan fingerprint density at radius 1 is 1.56 bits per heavy atom. The van der Waals surface area contributed by atoms with Crippen LogP contribution in [0.1, 0.15) is 6.92 Å². The molecule has 0 aliphatic carbocycles. The molecule has 0 N–H and O–H groups in total. The molecule has 1 rings (SSSR count). The number of ether oxygens (including phenoxy) is 1. The summed E-state index contributed by atoms with van der Waals surface area (Å²) in [5.74, 6) is 0.655. The molecular weight excluding hydrogens is 204 g/mol. The van der Waals surface area contributed by atoms with Crippen LogP contribution in [0.4, 0.5) is 0 Å². The molecule has 1 aromatic heterocycles. The molecular formula is C11H14N4O. The van der Waals surface area contributed by atoms with Crippen molar-refractivity contribution in [3.05, 3.63) is 48.8 Å². The lowest BCUT2D eigenvalue weighted by Gasteiger charge is -2.03. The molecule has 0 bridgehead atoms. The molecule has 0 saturated heterocycles. The van der Waals surface area contributed by atoms with E-state index in [4.69, 9.17) is 4.74 Å². The highest BCUT2D eigenvalue weighted by atomic mass is 16.5. The summed E-state index contributed by atoms with van der Waals surface area (Å²) < 4.78 is 5.16. The van der Waals surface area contributed by atoms with Crippen molar-refractivity contribution in [2.45, 2.75) is 6.92 Å². The van der Waals surface area contributed by atoms with Gasteiger partial charge in [-0.15, -0.1) is 9.89 Å². The zero-order chi connectivity index (χ0) is 11.8. The lowest BCUT2D eigenvalue weighted by atomic mass is 10.2. The Hall–Kier alpha value is -2.17. The maximum atomic E-state index is 5.16. The molecule has 1 aromatic rings. The highest BCUT2D eigenvalue weighted by Gasteiger charge is 1.98. The Bertz CT molecular complexity index is 415. The monoisotopic (exact) mass is 218 g/mol. The third-order valence-corrected chi connectivity index (χ3v) is 1.71. The Morgan fingerprint density at radius 3 is 2.94 bits per heavy atom. The summed E-state index contributed by atoms with van der Waals surface area (Å²) in [4.78, 5) is 5.11. The van der Waals surface area contributed by atoms with E-state index in [1.165, 1.54) is 17.4 Å². The van der Waals surface area contributed by atoms with Gasteiger partial charge in [0.15, 0.2) is 0 Å². The van der Waals surface area contributed by atoms with Gasteiger partial charge in [-0.25, -0.2) is 4.98 Å². The van der Waals surface area contributed by atoms with Gasteiger partial charge in [-0.05, 0) is 13.0 Å². The molecule has 0 unspecified atom stereocenters. The van der Waals surface area contributed by atoms with E-state index in [2.05, 4.69) is 21.8 Å². The van der Waals surface area contributed by atoms with Gasteiger partial charge >= 0.3 is 0 Å². The van der Waals surface area contributed by atoms with E-state index >= 15 is 0 Å². The molecule has 0 amide bonds. The number of rotatable bonds is 5. The van der Waals surface area contributed by atoms with Gasteiger partial charge in [0.25, 0.3) is 0 Å². The molecule has 1 heterocycles. The second kappa shape index (κ2) is 6.34. The van der Waals surface area contributed by atoms with Crippen molar-refractivity contribution in [1.29, 1.82) is 0 Å². The van der Waals surface area contributed by atoms with E-state index in [0.29, 0.717) is 11.3 Å². The first-order valence-electron chi connectivity index (χ1n) is 4.73. The Morgan fingerprint density at radius 2 is 2.38 bits per heavy atom. The van der Waals surface area contributed by atoms with Gasteiger partial charge in [0.2, 0.25) is 0 Å². The fourth-order valence-corrected chi connectivity index (χ4v) is 0.944. The van der Waals surface area contributed by atoms with Crippen molar-refractivity contribution in [1.82, 2.24) is 14.9 Å². The lowest BCUT2D eigenvalue weighted by molar-refractivity contribution is 0.304. The van der Waals surface area contributed by atoms with Gasteiger partial charge in [-0.1, -0.05) is 18.7 Å². The second-order valence-electron chi connectivity index (χ2n) is 2.85. The summed E-state index contributed by atoms with van der Waals surface area (Å²) in [6.45, 7) is 5.77. The summed E-state index contributed by atoms with van der Waals surface area (Å²) in [6.07, 6.45) is 10.1. The molecule has 0 fully saturated rings. The smallest absolute Gasteiger partial charge is 0.139 e. The number of nitrogens with zero attached hydrogens (tertiary/aromatic N) is 4. The SMILES string of the molecule is C=C(C=Nn1cncn1)/C(=C\C=C/C)OC. The van der Waals surface area contributed by atoms with E-state index in [9.17, 15) is 0 Å². The summed E-state index contributed by atoms with van der Waals surface area (Å²) in [5.41, 5.74) is 0.663. The average molecular weight is 218 g/mol. The summed E-state index contributed by atoms with van der Waals surface area (Å²) in [7, 11) is 1.59. The van der Waals surface area contributed by atoms with Crippen LogP contribution in [0.2, 0.25) is 0 Å².